The van der Waals surface area contributed by atoms with Crippen LogP contribution in [0.15, 0.2) is 76.9 Å². The second-order valence-electron chi connectivity index (χ2n) is 8.77. The zero-order chi connectivity index (χ0) is 25.9. The van der Waals surface area contributed by atoms with Crippen molar-refractivity contribution in [3.05, 3.63) is 94.4 Å². The molecule has 0 aliphatic heterocycles. The van der Waals surface area contributed by atoms with E-state index >= 15 is 0 Å². The molecule has 0 saturated heterocycles. The Hall–Kier alpha value is -4.79. The smallest absolute Gasteiger partial charge is 0.263 e. The molecule has 2 aromatic carbocycles. The van der Waals surface area contributed by atoms with E-state index in [4.69, 9.17) is 16.6 Å². The number of nitrogens with zero attached hydrogens (tertiary/aromatic N) is 6. The van der Waals surface area contributed by atoms with E-state index in [1.807, 2.05) is 61.5 Å². The summed E-state index contributed by atoms with van der Waals surface area (Å²) in [6, 6.07) is 17.4. The monoisotopic (exact) mass is 492 g/mol. The number of allylic oxidation sites excluding steroid dienone is 1. The fourth-order valence-corrected chi connectivity index (χ4v) is 4.48. The van der Waals surface area contributed by atoms with Crippen molar-refractivity contribution in [2.45, 2.75) is 26.8 Å². The second-order valence-corrected chi connectivity index (χ2v) is 8.77. The average Bonchev–Trinajstić information content (AvgIpc) is 3.27. The zero-order valence-electron chi connectivity index (χ0n) is 20.8. The lowest BCUT2D eigenvalue weighted by Crippen LogP contribution is -2.24. The van der Waals surface area contributed by atoms with Gasteiger partial charge in [-0.1, -0.05) is 43.3 Å². The van der Waals surface area contributed by atoms with Crippen molar-refractivity contribution >= 4 is 39.4 Å². The van der Waals surface area contributed by atoms with Crippen molar-refractivity contribution < 1.29 is 0 Å². The number of anilines is 1. The molecule has 0 spiro atoms. The first-order valence-electron chi connectivity index (χ1n) is 12.1. The summed E-state index contributed by atoms with van der Waals surface area (Å²) in [4.78, 5) is 26.9. The van der Waals surface area contributed by atoms with Gasteiger partial charge in [-0.3, -0.25) is 14.4 Å². The number of nitrogen functional groups attached to an aromatic ring is 1. The summed E-state index contributed by atoms with van der Waals surface area (Å²) in [5.41, 5.74) is 16.4. The average molecular weight is 493 g/mol. The number of aromatic nitrogens is 5. The molecule has 3 heterocycles. The van der Waals surface area contributed by atoms with Crippen molar-refractivity contribution in [2.75, 3.05) is 12.3 Å². The highest BCUT2D eigenvalue weighted by atomic mass is 16.1. The molecule has 186 valence electrons. The van der Waals surface area contributed by atoms with Gasteiger partial charge in [0.05, 0.1) is 17.6 Å². The minimum absolute atomic E-state index is 0.0949. The number of fused-ring (bicyclic) bond motifs is 2. The molecule has 0 atom stereocenters. The number of hydrogen-bond acceptors (Lipinski definition) is 7. The van der Waals surface area contributed by atoms with Crippen LogP contribution in [0, 0.1) is 6.92 Å². The zero-order valence-corrected chi connectivity index (χ0v) is 20.8. The Balaban J connectivity index is 1.74. The Bertz CT molecular complexity index is 1730. The van der Waals surface area contributed by atoms with Crippen LogP contribution in [0.3, 0.4) is 0 Å². The van der Waals surface area contributed by atoms with Crippen LogP contribution in [0.2, 0.25) is 0 Å². The summed E-state index contributed by atoms with van der Waals surface area (Å²) in [7, 11) is 0. The topological polar surface area (TPSA) is 130 Å². The lowest BCUT2D eigenvalue weighted by Gasteiger charge is -2.17. The predicted octanol–water partition coefficient (Wildman–Crippen LogP) is 3.85. The third-order valence-electron chi connectivity index (χ3n) is 6.27. The van der Waals surface area contributed by atoms with E-state index in [1.165, 1.54) is 12.5 Å². The van der Waals surface area contributed by atoms with Crippen LogP contribution in [0.4, 0.5) is 5.82 Å². The normalized spacial score (nSPS) is 12.2. The van der Waals surface area contributed by atoms with Gasteiger partial charge >= 0.3 is 0 Å². The first-order valence-corrected chi connectivity index (χ1v) is 12.1. The lowest BCUT2D eigenvalue weighted by molar-refractivity contribution is 0.667. The van der Waals surface area contributed by atoms with Crippen LogP contribution in [0.25, 0.3) is 33.1 Å². The molecule has 0 fully saturated rings. The molecular weight excluding hydrogens is 464 g/mol. The second kappa shape index (κ2) is 10.1. The van der Waals surface area contributed by atoms with E-state index in [9.17, 15) is 4.79 Å². The molecule has 0 unspecified atom stereocenters. The SMILES string of the molecule is CCCN=CC(=CN)c1nn(Cc2cc3ccccc3c(=O)n2-c2ccccc2C)c2ncnc(N)c12. The van der Waals surface area contributed by atoms with E-state index in [1.54, 1.807) is 15.5 Å². The molecule has 4 N–H and O–H groups in total. The Morgan fingerprint density at radius 3 is 2.68 bits per heavy atom. The minimum atomic E-state index is -0.0949. The van der Waals surface area contributed by atoms with E-state index in [-0.39, 0.29) is 12.1 Å². The van der Waals surface area contributed by atoms with Crippen LogP contribution >= 0.6 is 0 Å². The van der Waals surface area contributed by atoms with E-state index in [2.05, 4.69) is 21.9 Å². The highest BCUT2D eigenvalue weighted by Gasteiger charge is 2.20. The van der Waals surface area contributed by atoms with Crippen LogP contribution in [0.1, 0.15) is 30.3 Å². The molecule has 0 aliphatic rings. The van der Waals surface area contributed by atoms with Crippen LogP contribution in [0.5, 0.6) is 0 Å². The molecule has 5 rings (SSSR count). The predicted molar refractivity (Wildman–Crippen MR) is 149 cm³/mol. The van der Waals surface area contributed by atoms with Gasteiger partial charge < -0.3 is 11.5 Å². The quantitative estimate of drug-likeness (QED) is 0.332. The maximum Gasteiger partial charge on any atom is 0.263 e. The van der Waals surface area contributed by atoms with Gasteiger partial charge in [0.15, 0.2) is 5.65 Å². The number of nitrogens with two attached hydrogens (primary N) is 2. The lowest BCUT2D eigenvalue weighted by atomic mass is 10.1. The van der Waals surface area contributed by atoms with Crippen LogP contribution < -0.4 is 17.0 Å². The number of para-hydroxylation sites is 1. The van der Waals surface area contributed by atoms with Crippen molar-refractivity contribution in [2.24, 2.45) is 10.7 Å². The molecule has 3 aromatic heterocycles. The van der Waals surface area contributed by atoms with E-state index in [0.717, 1.165) is 28.8 Å². The summed E-state index contributed by atoms with van der Waals surface area (Å²) in [6.07, 6.45) is 5.47. The van der Waals surface area contributed by atoms with Gasteiger partial charge in [0.1, 0.15) is 17.8 Å². The maximum atomic E-state index is 13.8. The molecule has 0 saturated carbocycles. The molecular formula is C28H28N8O. The number of pyridine rings is 1. The van der Waals surface area contributed by atoms with Gasteiger partial charge in [-0.15, -0.1) is 0 Å². The summed E-state index contributed by atoms with van der Waals surface area (Å²) >= 11 is 0. The largest absolute Gasteiger partial charge is 0.404 e. The molecule has 0 bridgehead atoms. The standard InChI is InChI=1S/C28H28N8O/c1-3-12-31-15-20(14-29)25-24-26(30)32-17-33-27(24)35(34-25)16-21-13-19-9-5-6-10-22(19)28(37)36(21)23-11-7-4-8-18(23)2/h4-11,13-15,17H,3,12,16,29H2,1-2H3,(H2,30,32,33). The van der Waals surface area contributed by atoms with Crippen molar-refractivity contribution in [1.82, 2.24) is 24.3 Å². The van der Waals surface area contributed by atoms with Gasteiger partial charge in [-0.25, -0.2) is 14.6 Å². The number of hydrogen-bond donors (Lipinski definition) is 2. The molecule has 37 heavy (non-hydrogen) atoms. The summed E-state index contributed by atoms with van der Waals surface area (Å²) in [5.74, 6) is 0.296. The number of benzene rings is 2. The molecule has 0 aliphatic carbocycles. The number of rotatable bonds is 7. The van der Waals surface area contributed by atoms with Crippen LogP contribution in [-0.2, 0) is 6.54 Å². The Morgan fingerprint density at radius 2 is 1.89 bits per heavy atom. The first-order chi connectivity index (χ1) is 18.0. The van der Waals surface area contributed by atoms with E-state index < -0.39 is 0 Å². The van der Waals surface area contributed by atoms with Crippen molar-refractivity contribution in [1.29, 1.82) is 0 Å². The number of aryl methyl sites for hydroxylation is 1. The van der Waals surface area contributed by atoms with Crippen LogP contribution in [-0.4, -0.2) is 37.1 Å². The fraction of sp³-hybridized carbons (Fsp3) is 0.179. The minimum Gasteiger partial charge on any atom is -0.404 e. The summed E-state index contributed by atoms with van der Waals surface area (Å²) in [6.45, 7) is 4.98. The Kier molecular flexibility index (Phi) is 6.51. The van der Waals surface area contributed by atoms with Crippen molar-refractivity contribution in [3.8, 4) is 5.69 Å². The highest BCUT2D eigenvalue weighted by molar-refractivity contribution is 6.14. The molecule has 0 amide bonds. The van der Waals surface area contributed by atoms with Gasteiger partial charge in [0, 0.05) is 35.6 Å². The van der Waals surface area contributed by atoms with Gasteiger partial charge in [-0.2, -0.15) is 5.10 Å². The molecule has 9 heteroatoms. The summed E-state index contributed by atoms with van der Waals surface area (Å²) < 4.78 is 3.48. The third-order valence-corrected chi connectivity index (χ3v) is 6.27. The molecule has 9 nitrogen and oxygen atoms in total. The number of aliphatic imine (C=N–C) groups is 1. The first kappa shape index (κ1) is 23.9. The summed E-state index contributed by atoms with van der Waals surface area (Å²) in [5, 5.41) is 6.93. The van der Waals surface area contributed by atoms with Gasteiger partial charge in [0.2, 0.25) is 0 Å². The molecule has 5 aromatic rings. The maximum absolute atomic E-state index is 13.8. The van der Waals surface area contributed by atoms with Gasteiger partial charge in [0.25, 0.3) is 5.56 Å². The Labute approximate surface area is 213 Å². The van der Waals surface area contributed by atoms with Crippen molar-refractivity contribution in [3.63, 3.8) is 0 Å². The molecule has 0 radical (unpaired) electrons. The van der Waals surface area contributed by atoms with E-state index in [0.29, 0.717) is 40.0 Å². The highest BCUT2D eigenvalue weighted by Crippen LogP contribution is 2.27. The Morgan fingerprint density at radius 1 is 1.11 bits per heavy atom. The third kappa shape index (κ3) is 4.35. The fourth-order valence-electron chi connectivity index (χ4n) is 4.48. The van der Waals surface area contributed by atoms with Gasteiger partial charge in [-0.05, 0) is 42.5 Å².